The normalized spacial score (nSPS) is 10.2. The highest BCUT2D eigenvalue weighted by Gasteiger charge is 1.98. The van der Waals surface area contributed by atoms with Crippen molar-refractivity contribution in [2.45, 2.75) is 13.0 Å². The quantitative estimate of drug-likeness (QED) is 0.813. The molecule has 4 nitrogen and oxygen atoms in total. The van der Waals surface area contributed by atoms with Crippen molar-refractivity contribution in [2.24, 2.45) is 7.05 Å². The summed E-state index contributed by atoms with van der Waals surface area (Å²) < 4.78 is 1.78. The van der Waals surface area contributed by atoms with Crippen LogP contribution in [-0.4, -0.2) is 21.4 Å². The molecule has 0 aliphatic heterocycles. The maximum Gasteiger partial charge on any atom is 0.166 e. The average Bonchev–Trinajstić information content (AvgIpc) is 2.83. The summed E-state index contributed by atoms with van der Waals surface area (Å²) in [4.78, 5) is 0. The summed E-state index contributed by atoms with van der Waals surface area (Å²) in [5.41, 5.74) is 2.43. The number of hydrogen-bond donors (Lipinski definition) is 2. The second-order valence-electron chi connectivity index (χ2n) is 4.37. The fourth-order valence-corrected chi connectivity index (χ4v) is 1.95. The van der Waals surface area contributed by atoms with Crippen molar-refractivity contribution in [3.05, 3.63) is 53.9 Å². The average molecular weight is 274 g/mol. The van der Waals surface area contributed by atoms with Crippen molar-refractivity contribution >= 4 is 17.3 Å². The molecule has 0 radical (unpaired) electrons. The molecule has 0 unspecified atom stereocenters. The lowest BCUT2D eigenvalue weighted by molar-refractivity contribution is 0.765. The molecule has 2 N–H and O–H groups in total. The Labute approximate surface area is 118 Å². The van der Waals surface area contributed by atoms with Gasteiger partial charge >= 0.3 is 0 Å². The molecular weight excluding hydrogens is 256 g/mol. The van der Waals surface area contributed by atoms with E-state index in [1.165, 1.54) is 5.56 Å². The third-order valence-electron chi connectivity index (χ3n) is 2.75. The molecule has 0 aliphatic rings. The zero-order valence-electron chi connectivity index (χ0n) is 11.0. The molecule has 0 fully saturated rings. The fraction of sp³-hybridized carbons (Fsp3) is 0.286. The van der Waals surface area contributed by atoms with E-state index in [0.29, 0.717) is 11.7 Å². The number of aryl methyl sites for hydroxylation is 1. The predicted molar refractivity (Wildman–Crippen MR) is 80.8 cm³/mol. The molecule has 100 valence electrons. The smallest absolute Gasteiger partial charge is 0.166 e. The van der Waals surface area contributed by atoms with Crippen molar-refractivity contribution in [1.82, 2.24) is 20.4 Å². The molecule has 0 saturated heterocycles. The van der Waals surface area contributed by atoms with E-state index in [4.69, 9.17) is 12.2 Å². The molecular formula is C14H18N4S. The van der Waals surface area contributed by atoms with Crippen LogP contribution in [0.4, 0.5) is 0 Å². The van der Waals surface area contributed by atoms with E-state index < -0.39 is 0 Å². The van der Waals surface area contributed by atoms with Crippen LogP contribution in [0.25, 0.3) is 0 Å². The number of nitrogens with zero attached hydrogens (tertiary/aromatic N) is 2. The fourth-order valence-electron chi connectivity index (χ4n) is 1.77. The molecule has 1 heterocycles. The van der Waals surface area contributed by atoms with Gasteiger partial charge in [0.15, 0.2) is 5.11 Å². The van der Waals surface area contributed by atoms with Gasteiger partial charge in [-0.1, -0.05) is 30.3 Å². The van der Waals surface area contributed by atoms with E-state index >= 15 is 0 Å². The summed E-state index contributed by atoms with van der Waals surface area (Å²) in [5, 5.41) is 11.2. The van der Waals surface area contributed by atoms with Crippen molar-refractivity contribution in [3.8, 4) is 0 Å². The highest BCUT2D eigenvalue weighted by atomic mass is 32.1. The SMILES string of the molecule is Cn1cc(CNC(=S)NCCc2ccccc2)cn1. The number of rotatable bonds is 5. The maximum absolute atomic E-state index is 5.23. The number of thiocarbonyl (C=S) groups is 1. The van der Waals surface area contributed by atoms with Gasteiger partial charge in [-0.05, 0) is 24.2 Å². The van der Waals surface area contributed by atoms with Crippen molar-refractivity contribution < 1.29 is 0 Å². The molecule has 1 aromatic carbocycles. The van der Waals surface area contributed by atoms with Gasteiger partial charge in [-0.25, -0.2) is 0 Å². The monoisotopic (exact) mass is 274 g/mol. The summed E-state index contributed by atoms with van der Waals surface area (Å²) >= 11 is 5.23. The first-order valence-electron chi connectivity index (χ1n) is 6.27. The van der Waals surface area contributed by atoms with E-state index in [1.54, 1.807) is 4.68 Å². The zero-order valence-corrected chi connectivity index (χ0v) is 11.8. The predicted octanol–water partition coefficient (Wildman–Crippen LogP) is 1.63. The van der Waals surface area contributed by atoms with Gasteiger partial charge in [-0.15, -0.1) is 0 Å². The number of aromatic nitrogens is 2. The van der Waals surface area contributed by atoms with Crippen LogP contribution in [0.1, 0.15) is 11.1 Å². The van der Waals surface area contributed by atoms with Crippen LogP contribution in [0.5, 0.6) is 0 Å². The molecule has 0 saturated carbocycles. The Morgan fingerprint density at radius 2 is 2.00 bits per heavy atom. The summed E-state index contributed by atoms with van der Waals surface area (Å²) in [6, 6.07) is 10.4. The Morgan fingerprint density at radius 3 is 2.68 bits per heavy atom. The second kappa shape index (κ2) is 6.89. The molecule has 5 heteroatoms. The van der Waals surface area contributed by atoms with Crippen LogP contribution in [0.3, 0.4) is 0 Å². The van der Waals surface area contributed by atoms with E-state index in [0.717, 1.165) is 18.5 Å². The Morgan fingerprint density at radius 1 is 1.21 bits per heavy atom. The van der Waals surface area contributed by atoms with E-state index in [-0.39, 0.29) is 0 Å². The molecule has 0 atom stereocenters. The highest BCUT2D eigenvalue weighted by molar-refractivity contribution is 7.80. The minimum atomic E-state index is 0.680. The Bertz CT molecular complexity index is 521. The lowest BCUT2D eigenvalue weighted by Gasteiger charge is -2.09. The van der Waals surface area contributed by atoms with Gasteiger partial charge in [0.1, 0.15) is 0 Å². The number of benzene rings is 1. The molecule has 1 aromatic heterocycles. The first-order valence-corrected chi connectivity index (χ1v) is 6.68. The van der Waals surface area contributed by atoms with Gasteiger partial charge < -0.3 is 10.6 Å². The topological polar surface area (TPSA) is 41.9 Å². The molecule has 2 aromatic rings. The summed E-state index contributed by atoms with van der Waals surface area (Å²) in [6.45, 7) is 1.54. The molecule has 2 rings (SSSR count). The largest absolute Gasteiger partial charge is 0.362 e. The van der Waals surface area contributed by atoms with Gasteiger partial charge in [-0.2, -0.15) is 5.10 Å². The zero-order chi connectivity index (χ0) is 13.5. The molecule has 0 amide bonds. The lowest BCUT2D eigenvalue weighted by Crippen LogP contribution is -2.35. The summed E-state index contributed by atoms with van der Waals surface area (Å²) in [7, 11) is 1.90. The first-order chi connectivity index (χ1) is 9.24. The van der Waals surface area contributed by atoms with Crippen molar-refractivity contribution in [3.63, 3.8) is 0 Å². The first kappa shape index (κ1) is 13.5. The summed E-state index contributed by atoms with van der Waals surface area (Å²) in [6.07, 6.45) is 4.77. The van der Waals surface area contributed by atoms with Crippen LogP contribution < -0.4 is 10.6 Å². The van der Waals surface area contributed by atoms with Gasteiger partial charge in [0, 0.05) is 31.9 Å². The molecule has 0 spiro atoms. The van der Waals surface area contributed by atoms with Crippen LogP contribution >= 0.6 is 12.2 Å². The lowest BCUT2D eigenvalue weighted by atomic mass is 10.1. The minimum Gasteiger partial charge on any atom is -0.362 e. The van der Waals surface area contributed by atoms with Crippen LogP contribution in [0.15, 0.2) is 42.7 Å². The summed E-state index contributed by atoms with van der Waals surface area (Å²) in [5.74, 6) is 0. The van der Waals surface area contributed by atoms with E-state index in [2.05, 4.69) is 27.9 Å². The van der Waals surface area contributed by atoms with Crippen LogP contribution in [0, 0.1) is 0 Å². The van der Waals surface area contributed by atoms with Gasteiger partial charge in [0.05, 0.1) is 6.20 Å². The highest BCUT2D eigenvalue weighted by Crippen LogP contribution is 1.98. The van der Waals surface area contributed by atoms with E-state index in [9.17, 15) is 0 Å². The van der Waals surface area contributed by atoms with Crippen LogP contribution in [-0.2, 0) is 20.0 Å². The van der Waals surface area contributed by atoms with Gasteiger partial charge in [0.25, 0.3) is 0 Å². The second-order valence-corrected chi connectivity index (χ2v) is 4.78. The standard InChI is InChI=1S/C14H18N4S/c1-18-11-13(10-17-18)9-16-14(19)15-8-7-12-5-3-2-4-6-12/h2-6,10-11H,7-9H2,1H3,(H2,15,16,19). The van der Waals surface area contributed by atoms with Gasteiger partial charge in [0.2, 0.25) is 0 Å². The Kier molecular flexibility index (Phi) is 4.92. The van der Waals surface area contributed by atoms with Gasteiger partial charge in [-0.3, -0.25) is 4.68 Å². The van der Waals surface area contributed by atoms with Crippen LogP contribution in [0.2, 0.25) is 0 Å². The Hall–Kier alpha value is -1.88. The molecule has 0 aliphatic carbocycles. The minimum absolute atomic E-state index is 0.680. The third-order valence-corrected chi connectivity index (χ3v) is 3.04. The van der Waals surface area contributed by atoms with E-state index in [1.807, 2.05) is 37.6 Å². The van der Waals surface area contributed by atoms with Crippen molar-refractivity contribution in [2.75, 3.05) is 6.54 Å². The molecule has 0 bridgehead atoms. The molecule has 19 heavy (non-hydrogen) atoms. The third kappa shape index (κ3) is 4.71. The maximum atomic E-state index is 5.23. The number of hydrogen-bond acceptors (Lipinski definition) is 2. The Balaban J connectivity index is 1.65. The van der Waals surface area contributed by atoms with Crippen molar-refractivity contribution in [1.29, 1.82) is 0 Å². The number of nitrogens with one attached hydrogen (secondary N) is 2.